The molecule has 4 heterocycles. The second kappa shape index (κ2) is 16.7. The Balaban J connectivity index is 1.06. The van der Waals surface area contributed by atoms with E-state index in [4.69, 9.17) is 4.74 Å². The van der Waals surface area contributed by atoms with Gasteiger partial charge in [0.15, 0.2) is 0 Å². The number of anilines is 4. The summed E-state index contributed by atoms with van der Waals surface area (Å²) in [6.45, 7) is 7.75. The topological polar surface area (TPSA) is 145 Å². The lowest BCUT2D eigenvalue weighted by atomic mass is 9.86. The first kappa shape index (κ1) is 41.1. The molecule has 0 radical (unpaired) electrons. The molecule has 7 rings (SSSR count). The summed E-state index contributed by atoms with van der Waals surface area (Å²) >= 11 is 0. The van der Waals surface area contributed by atoms with Gasteiger partial charge in [-0.05, 0) is 112 Å². The van der Waals surface area contributed by atoms with E-state index in [1.807, 2.05) is 39.0 Å². The van der Waals surface area contributed by atoms with Crippen LogP contribution < -0.4 is 26.0 Å². The van der Waals surface area contributed by atoms with Crippen LogP contribution in [0.15, 0.2) is 60.8 Å². The largest absolute Gasteiger partial charge is 0.489 e. The highest BCUT2D eigenvalue weighted by molar-refractivity contribution is 6.05. The Hall–Kier alpha value is -6.03. The molecule has 0 saturated carbocycles. The summed E-state index contributed by atoms with van der Waals surface area (Å²) in [4.78, 5) is 57.4. The van der Waals surface area contributed by atoms with Gasteiger partial charge in [0.25, 0.3) is 11.8 Å². The zero-order chi connectivity index (χ0) is 42.2. The van der Waals surface area contributed by atoms with Crippen molar-refractivity contribution in [3.63, 3.8) is 0 Å². The molecule has 2 fully saturated rings. The average Bonchev–Trinajstić information content (AvgIpc) is 3.51. The Labute approximate surface area is 338 Å². The lowest BCUT2D eigenvalue weighted by Crippen LogP contribution is -2.52. The molecule has 0 bridgehead atoms. The summed E-state index contributed by atoms with van der Waals surface area (Å²) in [5.74, 6) is -1.75. The predicted molar refractivity (Wildman–Crippen MR) is 212 cm³/mol. The van der Waals surface area contributed by atoms with Crippen molar-refractivity contribution >= 4 is 46.5 Å². The van der Waals surface area contributed by atoms with Crippen LogP contribution in [0.5, 0.6) is 5.75 Å². The van der Waals surface area contributed by atoms with Crippen LogP contribution in [0.2, 0.25) is 0 Å². The van der Waals surface area contributed by atoms with Crippen molar-refractivity contribution in [2.75, 3.05) is 30.8 Å². The fourth-order valence-corrected chi connectivity index (χ4v) is 8.13. The van der Waals surface area contributed by atoms with Gasteiger partial charge in [-0.3, -0.25) is 29.4 Å². The number of ether oxygens (including phenoxy) is 1. The molecule has 1 aromatic heterocycles. The number of aryl methyl sites for hydroxylation is 1. The first-order valence-corrected chi connectivity index (χ1v) is 19.5. The minimum Gasteiger partial charge on any atom is -0.489 e. The lowest BCUT2D eigenvalue weighted by molar-refractivity contribution is -0.138. The van der Waals surface area contributed by atoms with Gasteiger partial charge in [0, 0.05) is 38.8 Å². The highest BCUT2D eigenvalue weighted by atomic mass is 19.4. The Morgan fingerprint density at radius 2 is 1.73 bits per heavy atom. The molecule has 3 aliphatic heterocycles. The molecule has 4 amide bonds. The van der Waals surface area contributed by atoms with Gasteiger partial charge in [-0.1, -0.05) is 18.2 Å². The van der Waals surface area contributed by atoms with Gasteiger partial charge in [0.1, 0.15) is 23.4 Å². The summed E-state index contributed by atoms with van der Waals surface area (Å²) < 4.78 is 64.1. The quantitative estimate of drug-likeness (QED) is 0.0905. The molecule has 16 heteroatoms. The average molecular weight is 816 g/mol. The maximum Gasteiger partial charge on any atom is 0.419 e. The minimum absolute atomic E-state index is 0.0279. The Kier molecular flexibility index (Phi) is 11.6. The number of pyridine rings is 1. The van der Waals surface area contributed by atoms with Crippen molar-refractivity contribution in [3.05, 3.63) is 106 Å². The number of rotatable bonds is 11. The van der Waals surface area contributed by atoms with Crippen molar-refractivity contribution in [3.8, 4) is 5.75 Å². The number of hydrogen-bond acceptors (Lipinski definition) is 9. The van der Waals surface area contributed by atoms with Gasteiger partial charge >= 0.3 is 6.18 Å². The molecule has 0 spiro atoms. The number of halogens is 4. The first-order valence-electron chi connectivity index (χ1n) is 19.5. The highest BCUT2D eigenvalue weighted by Crippen LogP contribution is 2.41. The van der Waals surface area contributed by atoms with Crippen LogP contribution in [0.3, 0.4) is 0 Å². The number of hydrogen-bond donors (Lipinski definition) is 4. The molecule has 1 atom stereocenters. The molecule has 3 aromatic carbocycles. The van der Waals surface area contributed by atoms with E-state index in [1.165, 1.54) is 36.2 Å². The van der Waals surface area contributed by atoms with Crippen LogP contribution in [-0.4, -0.2) is 70.7 Å². The van der Waals surface area contributed by atoms with Gasteiger partial charge in [-0.25, -0.2) is 9.37 Å². The van der Waals surface area contributed by atoms with Gasteiger partial charge < -0.3 is 25.6 Å². The van der Waals surface area contributed by atoms with Crippen molar-refractivity contribution < 1.29 is 41.5 Å². The number of alkyl halides is 3. The van der Waals surface area contributed by atoms with Gasteiger partial charge in [-0.15, -0.1) is 0 Å². The third-order valence-corrected chi connectivity index (χ3v) is 10.9. The van der Waals surface area contributed by atoms with E-state index < -0.39 is 41.3 Å². The van der Waals surface area contributed by atoms with Crippen molar-refractivity contribution in [1.29, 1.82) is 0 Å². The van der Waals surface area contributed by atoms with Crippen molar-refractivity contribution in [2.24, 2.45) is 0 Å². The van der Waals surface area contributed by atoms with Gasteiger partial charge in [-0.2, -0.15) is 13.2 Å². The Bertz CT molecular complexity index is 2310. The molecule has 4 aromatic rings. The van der Waals surface area contributed by atoms with E-state index in [1.54, 1.807) is 12.1 Å². The second-order valence-corrected chi connectivity index (χ2v) is 15.4. The molecule has 1 unspecified atom stereocenters. The summed E-state index contributed by atoms with van der Waals surface area (Å²) in [5.41, 5.74) is 2.86. The van der Waals surface area contributed by atoms with Gasteiger partial charge in [0.05, 0.1) is 39.9 Å². The molecule has 2 saturated heterocycles. The molecule has 12 nitrogen and oxygen atoms in total. The number of fused-ring (bicyclic) bond motifs is 1. The molecule has 59 heavy (non-hydrogen) atoms. The van der Waals surface area contributed by atoms with Crippen LogP contribution >= 0.6 is 0 Å². The standard InChI is InChI=1S/C43H45F4N7O5/c1-23(2)59-36-18-29(24(3)15-34(36)51-37-19-33(30(20-49-37)43(45,46)47)50-32-8-6-5-7-28(32)40(56)48-4)26-11-13-53(14-12-26)21-25-16-27-22-54(42(58)39(27)31(44)17-25)35-9-10-38(55)52-41(35)57/h5-8,15-20,23,26,35H,9-14,21-22H2,1-4H3,(H,48,56)(H2,49,50,51)(H,52,55,57). The SMILES string of the molecule is CNC(=O)c1ccccc1Nc1cc(Nc2cc(C)c(C3CCN(Cc4cc(F)c5c(c4)CN(C4CCC(=O)NC4=O)C5=O)CC3)cc2OC(C)C)ncc1C(F)(F)F. The molecule has 3 aliphatic rings. The second-order valence-electron chi connectivity index (χ2n) is 15.4. The van der Waals surface area contributed by atoms with E-state index in [-0.39, 0.29) is 65.6 Å². The lowest BCUT2D eigenvalue weighted by Gasteiger charge is -2.33. The van der Waals surface area contributed by atoms with Gasteiger partial charge in [0.2, 0.25) is 11.8 Å². The number of carbonyl (C=O) groups excluding carboxylic acids is 4. The minimum atomic E-state index is -4.73. The molecule has 310 valence electrons. The van der Waals surface area contributed by atoms with Crippen LogP contribution in [0.25, 0.3) is 0 Å². The maximum absolute atomic E-state index is 15.4. The number of amides is 4. The number of carbonyl (C=O) groups is 4. The number of para-hydroxylation sites is 1. The summed E-state index contributed by atoms with van der Waals surface area (Å²) in [7, 11) is 1.44. The smallest absolute Gasteiger partial charge is 0.419 e. The summed E-state index contributed by atoms with van der Waals surface area (Å²) in [6, 6.07) is 13.8. The number of imide groups is 1. The Morgan fingerprint density at radius 3 is 2.42 bits per heavy atom. The van der Waals surface area contributed by atoms with E-state index in [0.29, 0.717) is 23.5 Å². The molecule has 0 aliphatic carbocycles. The zero-order valence-electron chi connectivity index (χ0n) is 33.1. The number of piperidine rings is 2. The van der Waals surface area contributed by atoms with Crippen LogP contribution in [0.1, 0.15) is 94.0 Å². The number of nitrogens with zero attached hydrogens (tertiary/aromatic N) is 3. The number of likely N-dealkylation sites (tertiary alicyclic amines) is 1. The van der Waals surface area contributed by atoms with Crippen LogP contribution in [0, 0.1) is 12.7 Å². The Morgan fingerprint density at radius 1 is 0.983 bits per heavy atom. The van der Waals surface area contributed by atoms with Crippen LogP contribution in [-0.2, 0) is 28.9 Å². The van der Waals surface area contributed by atoms with Crippen molar-refractivity contribution in [2.45, 2.75) is 83.8 Å². The molecule has 4 N–H and O–H groups in total. The first-order chi connectivity index (χ1) is 28.1. The zero-order valence-corrected chi connectivity index (χ0v) is 33.1. The fourth-order valence-electron chi connectivity index (χ4n) is 8.13. The normalized spacial score (nSPS) is 17.5. The van der Waals surface area contributed by atoms with E-state index in [2.05, 4.69) is 31.2 Å². The highest BCUT2D eigenvalue weighted by Gasteiger charge is 2.41. The van der Waals surface area contributed by atoms with E-state index in [0.717, 1.165) is 48.8 Å². The monoisotopic (exact) mass is 815 g/mol. The number of nitrogens with one attached hydrogen (secondary N) is 4. The van der Waals surface area contributed by atoms with Crippen molar-refractivity contribution in [1.82, 2.24) is 25.4 Å². The fraction of sp³-hybridized carbons (Fsp3) is 0.372. The summed E-state index contributed by atoms with van der Waals surface area (Å²) in [6.07, 6.45) is -2.28. The third-order valence-electron chi connectivity index (χ3n) is 10.9. The molecular formula is C43H45F4N7O5. The van der Waals surface area contributed by atoms with Crippen LogP contribution in [0.4, 0.5) is 40.4 Å². The van der Waals surface area contributed by atoms with E-state index >= 15 is 4.39 Å². The third kappa shape index (κ3) is 8.87. The maximum atomic E-state index is 15.4. The molecular weight excluding hydrogens is 771 g/mol. The predicted octanol–water partition coefficient (Wildman–Crippen LogP) is 7.32. The summed E-state index contributed by atoms with van der Waals surface area (Å²) in [5, 5.41) is 10.7. The number of aromatic nitrogens is 1. The van der Waals surface area contributed by atoms with E-state index in [9.17, 15) is 32.3 Å². The number of benzene rings is 3.